The first-order valence-corrected chi connectivity index (χ1v) is 6.36. The second-order valence-corrected chi connectivity index (χ2v) is 4.50. The zero-order chi connectivity index (χ0) is 12.8. The van der Waals surface area contributed by atoms with E-state index in [0.29, 0.717) is 12.6 Å². The van der Waals surface area contributed by atoms with Gasteiger partial charge in [0.1, 0.15) is 0 Å². The lowest BCUT2D eigenvalue weighted by Gasteiger charge is -2.13. The molecule has 0 bridgehead atoms. The van der Waals surface area contributed by atoms with Gasteiger partial charge >= 0.3 is 0 Å². The first kappa shape index (κ1) is 14.2. The molecule has 0 spiro atoms. The fourth-order valence-corrected chi connectivity index (χ4v) is 2.19. The highest BCUT2D eigenvalue weighted by Gasteiger charge is 2.14. The molecule has 0 amide bonds. The van der Waals surface area contributed by atoms with Crippen LogP contribution in [0.25, 0.3) is 0 Å². The van der Waals surface area contributed by atoms with E-state index in [1.807, 2.05) is 0 Å². The zero-order valence-corrected chi connectivity index (χ0v) is 11.7. The minimum absolute atomic E-state index is 0.298. The van der Waals surface area contributed by atoms with Crippen LogP contribution in [0, 0.1) is 13.8 Å². The van der Waals surface area contributed by atoms with Crippen molar-refractivity contribution < 1.29 is 4.74 Å². The maximum Gasteiger partial charge on any atom is 0.0727 e. The SMILES string of the molecule is CCNCCc1c(C)nn(C(C)COC)c1C. The van der Waals surface area contributed by atoms with Crippen molar-refractivity contribution in [2.75, 3.05) is 26.8 Å². The molecule has 1 N–H and O–H groups in total. The Bertz CT molecular complexity index is 347. The molecule has 98 valence electrons. The van der Waals surface area contributed by atoms with E-state index in [-0.39, 0.29) is 0 Å². The number of hydrogen-bond acceptors (Lipinski definition) is 3. The quantitative estimate of drug-likeness (QED) is 0.738. The fraction of sp³-hybridized carbons (Fsp3) is 0.769. The number of aromatic nitrogens is 2. The molecule has 4 heteroatoms. The third-order valence-electron chi connectivity index (χ3n) is 3.10. The molecule has 0 saturated heterocycles. The summed E-state index contributed by atoms with van der Waals surface area (Å²) in [5.74, 6) is 0. The normalized spacial score (nSPS) is 13.0. The van der Waals surface area contributed by atoms with E-state index in [4.69, 9.17) is 4.74 Å². The van der Waals surface area contributed by atoms with Gasteiger partial charge in [-0.05, 0) is 45.8 Å². The van der Waals surface area contributed by atoms with Gasteiger partial charge in [0.25, 0.3) is 0 Å². The van der Waals surface area contributed by atoms with Crippen LogP contribution in [0.3, 0.4) is 0 Å². The molecule has 4 nitrogen and oxygen atoms in total. The Kier molecular flexibility index (Phi) is 5.65. The Balaban J connectivity index is 2.78. The largest absolute Gasteiger partial charge is 0.382 e. The second-order valence-electron chi connectivity index (χ2n) is 4.50. The van der Waals surface area contributed by atoms with E-state index in [9.17, 15) is 0 Å². The van der Waals surface area contributed by atoms with Gasteiger partial charge in [-0.25, -0.2) is 0 Å². The zero-order valence-electron chi connectivity index (χ0n) is 11.7. The molecule has 0 saturated carbocycles. The number of nitrogens with one attached hydrogen (secondary N) is 1. The van der Waals surface area contributed by atoms with E-state index in [0.717, 1.165) is 25.2 Å². The van der Waals surface area contributed by atoms with Gasteiger partial charge < -0.3 is 10.1 Å². The average molecular weight is 239 g/mol. The highest BCUT2D eigenvalue weighted by atomic mass is 16.5. The summed E-state index contributed by atoms with van der Waals surface area (Å²) in [5, 5.41) is 7.97. The Morgan fingerprint density at radius 1 is 1.41 bits per heavy atom. The van der Waals surface area contributed by atoms with Crippen LogP contribution in [0.4, 0.5) is 0 Å². The number of ether oxygens (including phenoxy) is 1. The van der Waals surface area contributed by atoms with Crippen molar-refractivity contribution in [1.82, 2.24) is 15.1 Å². The number of aryl methyl sites for hydroxylation is 1. The maximum atomic E-state index is 5.19. The summed E-state index contributed by atoms with van der Waals surface area (Å²) in [7, 11) is 1.73. The van der Waals surface area contributed by atoms with E-state index >= 15 is 0 Å². The summed E-state index contributed by atoms with van der Waals surface area (Å²) in [6, 6.07) is 0.298. The van der Waals surface area contributed by atoms with Crippen molar-refractivity contribution in [3.05, 3.63) is 17.0 Å². The molecule has 0 aromatic carbocycles. The van der Waals surface area contributed by atoms with Gasteiger partial charge in [0.15, 0.2) is 0 Å². The predicted molar refractivity (Wildman–Crippen MR) is 70.5 cm³/mol. The Morgan fingerprint density at radius 2 is 2.12 bits per heavy atom. The van der Waals surface area contributed by atoms with Crippen molar-refractivity contribution in [2.45, 2.75) is 40.2 Å². The second kappa shape index (κ2) is 6.77. The average Bonchev–Trinajstić information content (AvgIpc) is 2.57. The van der Waals surface area contributed by atoms with Gasteiger partial charge in [0.05, 0.1) is 18.3 Å². The molecule has 1 aromatic rings. The number of rotatable bonds is 7. The molecule has 0 aliphatic heterocycles. The standard InChI is InChI=1S/C13H25N3O/c1-6-14-8-7-13-11(3)15-16(12(13)4)10(2)9-17-5/h10,14H,6-9H2,1-5H3. The Morgan fingerprint density at radius 3 is 2.71 bits per heavy atom. The molecule has 0 fully saturated rings. The maximum absolute atomic E-state index is 5.19. The summed E-state index contributed by atoms with van der Waals surface area (Å²) in [6.45, 7) is 11.2. The van der Waals surface area contributed by atoms with Gasteiger partial charge in [-0.1, -0.05) is 6.92 Å². The molecule has 1 unspecified atom stereocenters. The van der Waals surface area contributed by atoms with Crippen molar-refractivity contribution in [1.29, 1.82) is 0 Å². The first-order chi connectivity index (χ1) is 8.11. The van der Waals surface area contributed by atoms with Crippen molar-refractivity contribution >= 4 is 0 Å². The molecule has 17 heavy (non-hydrogen) atoms. The van der Waals surface area contributed by atoms with E-state index in [1.165, 1.54) is 11.3 Å². The lowest BCUT2D eigenvalue weighted by atomic mass is 10.1. The number of likely N-dealkylation sites (N-methyl/N-ethyl adjacent to an activating group) is 1. The Labute approximate surface area is 104 Å². The van der Waals surface area contributed by atoms with Crippen LogP contribution in [0.15, 0.2) is 0 Å². The van der Waals surface area contributed by atoms with E-state index < -0.39 is 0 Å². The summed E-state index contributed by atoms with van der Waals surface area (Å²) in [4.78, 5) is 0. The summed E-state index contributed by atoms with van der Waals surface area (Å²) in [5.41, 5.74) is 3.78. The summed E-state index contributed by atoms with van der Waals surface area (Å²) >= 11 is 0. The molecule has 0 aliphatic carbocycles. The summed E-state index contributed by atoms with van der Waals surface area (Å²) in [6.07, 6.45) is 1.05. The summed E-state index contributed by atoms with van der Waals surface area (Å²) < 4.78 is 7.27. The number of methoxy groups -OCH3 is 1. The van der Waals surface area contributed by atoms with E-state index in [1.54, 1.807) is 7.11 Å². The number of hydrogen-bond donors (Lipinski definition) is 1. The lowest BCUT2D eigenvalue weighted by molar-refractivity contribution is 0.156. The number of nitrogens with zero attached hydrogens (tertiary/aromatic N) is 2. The van der Waals surface area contributed by atoms with Crippen LogP contribution in [0.2, 0.25) is 0 Å². The Hall–Kier alpha value is -0.870. The smallest absolute Gasteiger partial charge is 0.0727 e. The van der Waals surface area contributed by atoms with E-state index in [2.05, 4.69) is 42.8 Å². The van der Waals surface area contributed by atoms with Crippen molar-refractivity contribution in [3.63, 3.8) is 0 Å². The third-order valence-corrected chi connectivity index (χ3v) is 3.10. The van der Waals surface area contributed by atoms with Crippen LogP contribution in [-0.2, 0) is 11.2 Å². The monoisotopic (exact) mass is 239 g/mol. The van der Waals surface area contributed by atoms with Crippen LogP contribution in [0.1, 0.15) is 36.8 Å². The lowest BCUT2D eigenvalue weighted by Crippen LogP contribution is -2.17. The molecular weight excluding hydrogens is 214 g/mol. The molecule has 1 rings (SSSR count). The van der Waals surface area contributed by atoms with Gasteiger partial charge in [-0.2, -0.15) is 5.10 Å². The first-order valence-electron chi connectivity index (χ1n) is 6.36. The van der Waals surface area contributed by atoms with Crippen LogP contribution in [-0.4, -0.2) is 36.6 Å². The minimum Gasteiger partial charge on any atom is -0.382 e. The van der Waals surface area contributed by atoms with Crippen molar-refractivity contribution in [2.24, 2.45) is 0 Å². The fourth-order valence-electron chi connectivity index (χ4n) is 2.19. The highest BCUT2D eigenvalue weighted by molar-refractivity contribution is 5.25. The topological polar surface area (TPSA) is 39.1 Å². The van der Waals surface area contributed by atoms with Gasteiger partial charge in [-0.3, -0.25) is 4.68 Å². The minimum atomic E-state index is 0.298. The molecular formula is C13H25N3O. The van der Waals surface area contributed by atoms with Gasteiger partial charge in [0, 0.05) is 12.8 Å². The molecule has 0 aliphatic rings. The van der Waals surface area contributed by atoms with Crippen LogP contribution in [0.5, 0.6) is 0 Å². The van der Waals surface area contributed by atoms with Crippen LogP contribution < -0.4 is 5.32 Å². The van der Waals surface area contributed by atoms with Gasteiger partial charge in [0.2, 0.25) is 0 Å². The van der Waals surface area contributed by atoms with Crippen LogP contribution >= 0.6 is 0 Å². The molecule has 1 aromatic heterocycles. The third kappa shape index (κ3) is 3.54. The van der Waals surface area contributed by atoms with Crippen molar-refractivity contribution in [3.8, 4) is 0 Å². The molecule has 0 radical (unpaired) electrons. The molecule has 1 heterocycles. The van der Waals surface area contributed by atoms with Gasteiger partial charge in [-0.15, -0.1) is 0 Å². The molecule has 1 atom stereocenters. The predicted octanol–water partition coefficient (Wildman–Crippen LogP) is 1.86. The highest BCUT2D eigenvalue weighted by Crippen LogP contribution is 2.17.